The van der Waals surface area contributed by atoms with Crippen LogP contribution in [0, 0.1) is 0 Å². The standard InChI is InChI=1S/C24H30N4O4/c29-22-17-25-21(16-26-22)24(31)27-11-4-8-23(30)28-12-2-1-6-19(28)10-9-18-5-3-7-20(15-18)32-14-13-27/h3,5,7,15-17,19H,1-2,4,6,8-14H2,(H,26,29). The van der Waals surface area contributed by atoms with Gasteiger partial charge in [-0.1, -0.05) is 12.1 Å². The van der Waals surface area contributed by atoms with Gasteiger partial charge in [-0.2, -0.15) is 0 Å². The first kappa shape index (κ1) is 22.0. The van der Waals surface area contributed by atoms with E-state index in [1.54, 1.807) is 4.90 Å². The third-order valence-electron chi connectivity index (χ3n) is 6.24. The lowest BCUT2D eigenvalue weighted by atomic mass is 9.95. The minimum absolute atomic E-state index is 0.170. The predicted molar refractivity (Wildman–Crippen MR) is 120 cm³/mol. The molecule has 8 nitrogen and oxygen atoms in total. The third-order valence-corrected chi connectivity index (χ3v) is 6.24. The number of H-pyrrole nitrogens is 1. The maximum Gasteiger partial charge on any atom is 0.274 e. The van der Waals surface area contributed by atoms with Crippen molar-refractivity contribution in [3.63, 3.8) is 0 Å². The number of fused-ring (bicyclic) bond motifs is 3. The van der Waals surface area contributed by atoms with Crippen LogP contribution in [0.4, 0.5) is 0 Å². The zero-order chi connectivity index (χ0) is 22.3. The quantitative estimate of drug-likeness (QED) is 0.738. The molecule has 2 aromatic rings. The minimum Gasteiger partial charge on any atom is -0.492 e. The lowest BCUT2D eigenvalue weighted by Crippen LogP contribution is -2.44. The van der Waals surface area contributed by atoms with Crippen molar-refractivity contribution in [1.82, 2.24) is 19.8 Å². The summed E-state index contributed by atoms with van der Waals surface area (Å²) in [5.41, 5.74) is 1.01. The summed E-state index contributed by atoms with van der Waals surface area (Å²) in [6.45, 7) is 1.94. The van der Waals surface area contributed by atoms with Crippen LogP contribution in [0.25, 0.3) is 0 Å². The summed E-state index contributed by atoms with van der Waals surface area (Å²) < 4.78 is 5.94. The van der Waals surface area contributed by atoms with E-state index in [4.69, 9.17) is 4.74 Å². The molecule has 0 aliphatic carbocycles. The van der Waals surface area contributed by atoms with E-state index >= 15 is 0 Å². The smallest absolute Gasteiger partial charge is 0.274 e. The van der Waals surface area contributed by atoms with Crippen molar-refractivity contribution in [1.29, 1.82) is 0 Å². The number of rotatable bonds is 1. The molecule has 170 valence electrons. The molecule has 0 saturated carbocycles. The lowest BCUT2D eigenvalue weighted by molar-refractivity contribution is -0.135. The molecule has 1 unspecified atom stereocenters. The van der Waals surface area contributed by atoms with Crippen LogP contribution in [0.1, 0.15) is 54.6 Å². The molecule has 4 rings (SSSR count). The van der Waals surface area contributed by atoms with Crippen LogP contribution < -0.4 is 10.3 Å². The second-order valence-electron chi connectivity index (χ2n) is 8.46. The summed E-state index contributed by atoms with van der Waals surface area (Å²) >= 11 is 0. The number of nitrogens with one attached hydrogen (secondary N) is 1. The first-order valence-electron chi connectivity index (χ1n) is 11.5. The monoisotopic (exact) mass is 438 g/mol. The van der Waals surface area contributed by atoms with Gasteiger partial charge in [-0.25, -0.2) is 4.98 Å². The fourth-order valence-electron chi connectivity index (χ4n) is 4.53. The highest BCUT2D eigenvalue weighted by Gasteiger charge is 2.27. The maximum atomic E-state index is 13.0. The Morgan fingerprint density at radius 2 is 1.97 bits per heavy atom. The van der Waals surface area contributed by atoms with E-state index in [0.717, 1.165) is 50.6 Å². The Labute approximate surface area is 187 Å². The number of piperidine rings is 1. The summed E-state index contributed by atoms with van der Waals surface area (Å²) in [5.74, 6) is 0.666. The first-order valence-corrected chi connectivity index (χ1v) is 11.5. The second kappa shape index (κ2) is 10.4. The largest absolute Gasteiger partial charge is 0.492 e. The Hall–Kier alpha value is -3.16. The molecule has 2 amide bonds. The van der Waals surface area contributed by atoms with Gasteiger partial charge in [0.1, 0.15) is 18.1 Å². The lowest BCUT2D eigenvalue weighted by Gasteiger charge is -2.36. The van der Waals surface area contributed by atoms with Crippen LogP contribution >= 0.6 is 0 Å². The summed E-state index contributed by atoms with van der Waals surface area (Å²) in [4.78, 5) is 47.4. The van der Waals surface area contributed by atoms with Gasteiger partial charge in [-0.15, -0.1) is 0 Å². The van der Waals surface area contributed by atoms with E-state index in [2.05, 4.69) is 20.9 Å². The van der Waals surface area contributed by atoms with Crippen LogP contribution in [0.2, 0.25) is 0 Å². The van der Waals surface area contributed by atoms with Crippen molar-refractivity contribution in [2.45, 2.75) is 51.0 Å². The fraction of sp³-hybridized carbons (Fsp3) is 0.500. The maximum absolute atomic E-state index is 13.0. The molecule has 2 bridgehead atoms. The minimum atomic E-state index is -0.358. The van der Waals surface area contributed by atoms with Crippen LogP contribution in [-0.2, 0) is 11.2 Å². The number of aromatic amines is 1. The highest BCUT2D eigenvalue weighted by atomic mass is 16.5. The van der Waals surface area contributed by atoms with Gasteiger partial charge in [0.15, 0.2) is 0 Å². The molecule has 0 radical (unpaired) electrons. The Kier molecular flexibility index (Phi) is 7.19. The fourth-order valence-corrected chi connectivity index (χ4v) is 4.53. The summed E-state index contributed by atoms with van der Waals surface area (Å²) in [6.07, 6.45) is 8.53. The van der Waals surface area contributed by atoms with Crippen molar-refractivity contribution in [2.75, 3.05) is 26.2 Å². The normalized spacial score (nSPS) is 20.5. The van der Waals surface area contributed by atoms with Crippen LogP contribution in [0.5, 0.6) is 5.75 Å². The van der Waals surface area contributed by atoms with Crippen molar-refractivity contribution >= 4 is 11.8 Å². The van der Waals surface area contributed by atoms with E-state index in [1.807, 2.05) is 18.2 Å². The highest BCUT2D eigenvalue weighted by molar-refractivity contribution is 5.92. The van der Waals surface area contributed by atoms with Gasteiger partial charge in [-0.05, 0) is 56.2 Å². The number of ether oxygens (including phenoxy) is 1. The van der Waals surface area contributed by atoms with Crippen molar-refractivity contribution in [3.8, 4) is 5.75 Å². The number of aromatic nitrogens is 2. The molecule has 32 heavy (non-hydrogen) atoms. The molecule has 1 fully saturated rings. The Morgan fingerprint density at radius 1 is 1.06 bits per heavy atom. The third kappa shape index (κ3) is 5.55. The van der Waals surface area contributed by atoms with Crippen LogP contribution in [-0.4, -0.2) is 63.9 Å². The zero-order valence-corrected chi connectivity index (χ0v) is 18.3. The number of hydrogen-bond donors (Lipinski definition) is 1. The Balaban J connectivity index is 1.53. The molecular weight excluding hydrogens is 408 g/mol. The number of carbonyl (C=O) groups is 2. The van der Waals surface area contributed by atoms with E-state index in [1.165, 1.54) is 11.8 Å². The van der Waals surface area contributed by atoms with Crippen LogP contribution in [0.3, 0.4) is 0 Å². The van der Waals surface area contributed by atoms with Gasteiger partial charge < -0.3 is 19.5 Å². The number of nitrogens with zero attached hydrogens (tertiary/aromatic N) is 3. The van der Waals surface area contributed by atoms with Gasteiger partial charge >= 0.3 is 0 Å². The average Bonchev–Trinajstić information content (AvgIpc) is 2.82. The highest BCUT2D eigenvalue weighted by Crippen LogP contribution is 2.24. The molecule has 2 aliphatic heterocycles. The molecule has 1 aromatic carbocycles. The molecule has 1 aromatic heterocycles. The molecule has 1 atom stereocenters. The van der Waals surface area contributed by atoms with Gasteiger partial charge in [0, 0.05) is 31.7 Å². The molecule has 2 aliphatic rings. The number of carbonyl (C=O) groups excluding carboxylic acids is 2. The van der Waals surface area contributed by atoms with E-state index in [9.17, 15) is 14.4 Å². The molecule has 3 heterocycles. The average molecular weight is 439 g/mol. The van der Waals surface area contributed by atoms with Crippen molar-refractivity contribution < 1.29 is 14.3 Å². The molecule has 1 saturated heterocycles. The second-order valence-corrected chi connectivity index (χ2v) is 8.46. The SMILES string of the molecule is O=C(c1c[nH]c(=O)cn1)N1CCCC(=O)N2CCCCC2CCc2cccc(c2)OCC1. The summed E-state index contributed by atoms with van der Waals surface area (Å²) in [6, 6.07) is 8.32. The molecular formula is C24H30N4O4. The summed E-state index contributed by atoms with van der Waals surface area (Å²) in [7, 11) is 0. The van der Waals surface area contributed by atoms with Crippen molar-refractivity contribution in [2.24, 2.45) is 0 Å². The topological polar surface area (TPSA) is 95.6 Å². The van der Waals surface area contributed by atoms with Crippen LogP contribution in [0.15, 0.2) is 41.5 Å². The van der Waals surface area contributed by atoms with E-state index in [-0.39, 0.29) is 29.1 Å². The molecule has 8 heteroatoms. The number of benzene rings is 1. The van der Waals surface area contributed by atoms with Gasteiger partial charge in [0.2, 0.25) is 5.91 Å². The van der Waals surface area contributed by atoms with Crippen molar-refractivity contribution in [3.05, 3.63) is 58.3 Å². The number of amides is 2. The molecule has 1 N–H and O–H groups in total. The Morgan fingerprint density at radius 3 is 2.81 bits per heavy atom. The predicted octanol–water partition coefficient (Wildman–Crippen LogP) is 2.40. The van der Waals surface area contributed by atoms with E-state index in [0.29, 0.717) is 32.5 Å². The van der Waals surface area contributed by atoms with Gasteiger partial charge in [0.25, 0.3) is 11.5 Å². The number of aryl methyl sites for hydroxylation is 1. The zero-order valence-electron chi connectivity index (χ0n) is 18.3. The molecule has 0 spiro atoms. The van der Waals surface area contributed by atoms with Gasteiger partial charge in [-0.3, -0.25) is 14.4 Å². The first-order chi connectivity index (χ1) is 15.6. The van der Waals surface area contributed by atoms with Gasteiger partial charge in [0.05, 0.1) is 12.7 Å². The van der Waals surface area contributed by atoms with E-state index < -0.39 is 0 Å². The summed E-state index contributed by atoms with van der Waals surface area (Å²) in [5, 5.41) is 0. The number of hydrogen-bond acceptors (Lipinski definition) is 5. The Bertz CT molecular complexity index is 985.